The Morgan fingerprint density at radius 2 is 2.11 bits per heavy atom. The van der Waals surface area contributed by atoms with E-state index in [9.17, 15) is 4.39 Å². The quantitative estimate of drug-likeness (QED) is 0.329. The SMILES string of the molecule is CN=C(NCCCF)N(C)CCC1CCOCC1.I. The topological polar surface area (TPSA) is 36.9 Å². The molecule has 0 atom stereocenters. The molecule has 0 aromatic rings. The molecule has 19 heavy (non-hydrogen) atoms. The lowest BCUT2D eigenvalue weighted by Gasteiger charge is -2.26. The van der Waals surface area contributed by atoms with Crippen molar-refractivity contribution in [1.29, 1.82) is 0 Å². The van der Waals surface area contributed by atoms with Crippen molar-refractivity contribution in [1.82, 2.24) is 10.2 Å². The number of aliphatic imine (C=N–C) groups is 1. The van der Waals surface area contributed by atoms with Gasteiger partial charge in [-0.3, -0.25) is 9.38 Å². The summed E-state index contributed by atoms with van der Waals surface area (Å²) < 4.78 is 17.4. The molecule has 1 N–H and O–H groups in total. The maximum absolute atomic E-state index is 12.0. The van der Waals surface area contributed by atoms with Crippen LogP contribution >= 0.6 is 24.0 Å². The molecule has 0 saturated carbocycles. The van der Waals surface area contributed by atoms with Crippen LogP contribution in [-0.2, 0) is 4.74 Å². The molecule has 1 aliphatic rings. The minimum atomic E-state index is -0.282. The van der Waals surface area contributed by atoms with Crippen LogP contribution in [-0.4, -0.2) is 57.9 Å². The third-order valence-corrected chi connectivity index (χ3v) is 3.38. The van der Waals surface area contributed by atoms with E-state index in [1.54, 1.807) is 7.05 Å². The van der Waals surface area contributed by atoms with Crippen LogP contribution in [0, 0.1) is 5.92 Å². The Balaban J connectivity index is 0.00000324. The number of nitrogens with one attached hydrogen (secondary N) is 1. The number of rotatable bonds is 6. The second-order valence-electron chi connectivity index (χ2n) is 4.78. The van der Waals surface area contributed by atoms with Gasteiger partial charge < -0.3 is 15.0 Å². The summed E-state index contributed by atoms with van der Waals surface area (Å²) in [7, 11) is 3.80. The van der Waals surface area contributed by atoms with Crippen LogP contribution in [0.4, 0.5) is 4.39 Å². The lowest BCUT2D eigenvalue weighted by Crippen LogP contribution is -2.40. The van der Waals surface area contributed by atoms with Gasteiger partial charge in [-0.25, -0.2) is 0 Å². The summed E-state index contributed by atoms with van der Waals surface area (Å²) in [5.41, 5.74) is 0. The fourth-order valence-corrected chi connectivity index (χ4v) is 2.17. The predicted octanol–water partition coefficient (Wildman–Crippen LogP) is 2.29. The van der Waals surface area contributed by atoms with Gasteiger partial charge >= 0.3 is 0 Å². The van der Waals surface area contributed by atoms with E-state index in [2.05, 4.69) is 15.2 Å². The molecule has 1 aliphatic heterocycles. The predicted molar refractivity (Wildman–Crippen MR) is 88.2 cm³/mol. The Morgan fingerprint density at radius 3 is 2.68 bits per heavy atom. The van der Waals surface area contributed by atoms with Crippen molar-refractivity contribution in [2.75, 3.05) is 47.1 Å². The van der Waals surface area contributed by atoms with Crippen LogP contribution in [0.25, 0.3) is 0 Å². The van der Waals surface area contributed by atoms with E-state index in [1.807, 2.05) is 7.05 Å². The van der Waals surface area contributed by atoms with Gasteiger partial charge in [0.2, 0.25) is 0 Å². The van der Waals surface area contributed by atoms with Gasteiger partial charge in [0.15, 0.2) is 5.96 Å². The maximum atomic E-state index is 12.0. The molecule has 1 rings (SSSR count). The van der Waals surface area contributed by atoms with E-state index in [1.165, 1.54) is 19.3 Å². The molecule has 0 spiro atoms. The van der Waals surface area contributed by atoms with Crippen molar-refractivity contribution in [3.63, 3.8) is 0 Å². The number of ether oxygens (including phenoxy) is 1. The first-order valence-electron chi connectivity index (χ1n) is 6.83. The molecule has 0 amide bonds. The highest BCUT2D eigenvalue weighted by atomic mass is 127. The molecule has 0 aromatic heterocycles. The average molecular weight is 387 g/mol. The van der Waals surface area contributed by atoms with Crippen LogP contribution < -0.4 is 5.32 Å². The standard InChI is InChI=1S/C13H26FN3O.HI/c1-15-13(16-8-3-7-14)17(2)9-4-12-5-10-18-11-6-12;/h12H,3-11H2,1-2H3,(H,15,16);1H. The van der Waals surface area contributed by atoms with Crippen molar-refractivity contribution < 1.29 is 9.13 Å². The number of guanidine groups is 1. The summed E-state index contributed by atoms with van der Waals surface area (Å²) in [5, 5.41) is 3.17. The maximum Gasteiger partial charge on any atom is 0.193 e. The summed E-state index contributed by atoms with van der Waals surface area (Å²) in [4.78, 5) is 6.33. The fourth-order valence-electron chi connectivity index (χ4n) is 2.17. The molecular weight excluding hydrogens is 360 g/mol. The Morgan fingerprint density at radius 1 is 1.42 bits per heavy atom. The van der Waals surface area contributed by atoms with Crippen molar-refractivity contribution in [3.8, 4) is 0 Å². The second-order valence-corrected chi connectivity index (χ2v) is 4.78. The molecule has 0 radical (unpaired) electrons. The molecule has 114 valence electrons. The Labute approximate surface area is 133 Å². The van der Waals surface area contributed by atoms with E-state index >= 15 is 0 Å². The highest BCUT2D eigenvalue weighted by molar-refractivity contribution is 14.0. The number of hydrogen-bond acceptors (Lipinski definition) is 2. The molecule has 0 aliphatic carbocycles. The molecule has 1 heterocycles. The largest absolute Gasteiger partial charge is 0.381 e. The Kier molecular flexibility index (Phi) is 11.6. The second kappa shape index (κ2) is 11.7. The van der Waals surface area contributed by atoms with E-state index < -0.39 is 0 Å². The van der Waals surface area contributed by atoms with Crippen LogP contribution in [0.5, 0.6) is 0 Å². The van der Waals surface area contributed by atoms with Crippen molar-refractivity contribution >= 4 is 29.9 Å². The van der Waals surface area contributed by atoms with Crippen molar-refractivity contribution in [2.24, 2.45) is 10.9 Å². The highest BCUT2D eigenvalue weighted by Crippen LogP contribution is 2.18. The molecule has 1 saturated heterocycles. The zero-order chi connectivity index (χ0) is 13.2. The lowest BCUT2D eigenvalue weighted by molar-refractivity contribution is 0.0625. The summed E-state index contributed by atoms with van der Waals surface area (Å²) in [5.74, 6) is 1.63. The Bertz CT molecular complexity index is 248. The van der Waals surface area contributed by atoms with Crippen LogP contribution in [0.3, 0.4) is 0 Å². The smallest absolute Gasteiger partial charge is 0.193 e. The van der Waals surface area contributed by atoms with Gasteiger partial charge in [0.1, 0.15) is 0 Å². The third-order valence-electron chi connectivity index (χ3n) is 3.38. The molecule has 1 fully saturated rings. The lowest BCUT2D eigenvalue weighted by atomic mass is 9.96. The minimum Gasteiger partial charge on any atom is -0.381 e. The van der Waals surface area contributed by atoms with E-state index in [0.29, 0.717) is 13.0 Å². The molecule has 0 unspecified atom stereocenters. The van der Waals surface area contributed by atoms with Gasteiger partial charge in [-0.05, 0) is 31.6 Å². The summed E-state index contributed by atoms with van der Waals surface area (Å²) in [6.07, 6.45) is 4.04. The first-order chi connectivity index (χ1) is 8.77. The van der Waals surface area contributed by atoms with Gasteiger partial charge in [-0.2, -0.15) is 0 Å². The van der Waals surface area contributed by atoms with Gasteiger partial charge in [0.25, 0.3) is 0 Å². The number of alkyl halides is 1. The van der Waals surface area contributed by atoms with Gasteiger partial charge in [-0.1, -0.05) is 0 Å². The number of nitrogens with zero attached hydrogens (tertiary/aromatic N) is 2. The fraction of sp³-hybridized carbons (Fsp3) is 0.923. The first-order valence-corrected chi connectivity index (χ1v) is 6.83. The number of hydrogen-bond donors (Lipinski definition) is 1. The van der Waals surface area contributed by atoms with Crippen molar-refractivity contribution in [2.45, 2.75) is 25.7 Å². The summed E-state index contributed by atoms with van der Waals surface area (Å²) >= 11 is 0. The summed E-state index contributed by atoms with van der Waals surface area (Å²) in [6, 6.07) is 0. The molecular formula is C13H27FIN3O. The van der Waals surface area contributed by atoms with Crippen molar-refractivity contribution in [3.05, 3.63) is 0 Å². The molecule has 0 aromatic carbocycles. The first kappa shape index (κ1) is 18.9. The van der Waals surface area contributed by atoms with Crippen LogP contribution in [0.1, 0.15) is 25.7 Å². The van der Waals surface area contributed by atoms with E-state index in [4.69, 9.17) is 4.74 Å². The zero-order valence-corrected chi connectivity index (χ0v) is 14.4. The van der Waals surface area contributed by atoms with E-state index in [0.717, 1.165) is 31.6 Å². The third kappa shape index (κ3) is 7.91. The van der Waals surface area contributed by atoms with Gasteiger partial charge in [0.05, 0.1) is 6.67 Å². The monoisotopic (exact) mass is 387 g/mol. The molecule has 6 heteroatoms. The van der Waals surface area contributed by atoms with Gasteiger partial charge in [0, 0.05) is 40.4 Å². The normalized spacial score (nSPS) is 16.9. The minimum absolute atomic E-state index is 0. The highest BCUT2D eigenvalue weighted by Gasteiger charge is 2.15. The molecule has 4 nitrogen and oxygen atoms in total. The summed E-state index contributed by atoms with van der Waals surface area (Å²) in [6.45, 7) is 3.15. The molecule has 0 bridgehead atoms. The van der Waals surface area contributed by atoms with Crippen LogP contribution in [0.2, 0.25) is 0 Å². The Hall–Kier alpha value is -0.110. The number of halogens is 2. The van der Waals surface area contributed by atoms with Crippen LogP contribution in [0.15, 0.2) is 4.99 Å². The average Bonchev–Trinajstić information content (AvgIpc) is 2.42. The zero-order valence-electron chi connectivity index (χ0n) is 12.0. The van der Waals surface area contributed by atoms with E-state index in [-0.39, 0.29) is 30.7 Å². The van der Waals surface area contributed by atoms with Gasteiger partial charge in [-0.15, -0.1) is 24.0 Å².